The summed E-state index contributed by atoms with van der Waals surface area (Å²) in [6.07, 6.45) is 8.18. The summed E-state index contributed by atoms with van der Waals surface area (Å²) in [5.74, 6) is 0. The van der Waals surface area contributed by atoms with Gasteiger partial charge in [-0.1, -0.05) is 26.2 Å². The third-order valence-corrected chi connectivity index (χ3v) is 4.02. The van der Waals surface area contributed by atoms with Crippen LogP contribution in [0.25, 0.3) is 0 Å². The highest BCUT2D eigenvalue weighted by molar-refractivity contribution is 4.99. The van der Waals surface area contributed by atoms with E-state index in [1.165, 1.54) is 38.5 Å². The molecular weight excluding hydrogens is 172 g/mol. The Morgan fingerprint density at radius 3 is 2.14 bits per heavy atom. The number of nitrogens with zero attached hydrogens (tertiary/aromatic N) is 1. The Bertz CT molecular complexity index is 156. The fourth-order valence-corrected chi connectivity index (χ4v) is 3.12. The summed E-state index contributed by atoms with van der Waals surface area (Å²) in [6, 6.07) is 0.651. The fraction of sp³-hybridized carbons (Fsp3) is 1.00. The van der Waals surface area contributed by atoms with Crippen LogP contribution in [0, 0.1) is 0 Å². The van der Waals surface area contributed by atoms with E-state index in [0.717, 1.165) is 0 Å². The summed E-state index contributed by atoms with van der Waals surface area (Å²) in [4.78, 5) is 2.46. The molecule has 1 unspecified atom stereocenters. The molecule has 0 aromatic heterocycles. The van der Waals surface area contributed by atoms with Crippen molar-refractivity contribution in [2.45, 2.75) is 57.0 Å². The summed E-state index contributed by atoms with van der Waals surface area (Å²) < 4.78 is 0. The first-order valence-electron chi connectivity index (χ1n) is 6.02. The van der Waals surface area contributed by atoms with E-state index < -0.39 is 0 Å². The molecule has 0 amide bonds. The van der Waals surface area contributed by atoms with E-state index in [9.17, 15) is 0 Å². The first kappa shape index (κ1) is 12.0. The largest absolute Gasteiger partial charge is 0.315 e. The Labute approximate surface area is 89.1 Å². The van der Waals surface area contributed by atoms with Gasteiger partial charge in [0.15, 0.2) is 0 Å². The van der Waals surface area contributed by atoms with Crippen molar-refractivity contribution in [3.8, 4) is 0 Å². The Balaban J connectivity index is 2.78. The second-order valence-corrected chi connectivity index (χ2v) is 4.81. The lowest BCUT2D eigenvalue weighted by Crippen LogP contribution is -2.59. The predicted molar refractivity (Wildman–Crippen MR) is 62.6 cm³/mol. The third kappa shape index (κ3) is 2.12. The first-order chi connectivity index (χ1) is 6.67. The minimum absolute atomic E-state index is 0.418. The quantitative estimate of drug-likeness (QED) is 0.745. The van der Waals surface area contributed by atoms with E-state index in [1.54, 1.807) is 0 Å². The third-order valence-electron chi connectivity index (χ3n) is 4.02. The van der Waals surface area contributed by atoms with Gasteiger partial charge in [0.25, 0.3) is 0 Å². The smallest absolute Gasteiger partial charge is 0.0356 e. The average molecular weight is 198 g/mol. The van der Waals surface area contributed by atoms with Crippen LogP contribution in [0.1, 0.15) is 45.4 Å². The molecule has 0 spiro atoms. The average Bonchev–Trinajstić information content (AvgIpc) is 2.21. The van der Waals surface area contributed by atoms with Gasteiger partial charge in [-0.15, -0.1) is 0 Å². The van der Waals surface area contributed by atoms with Crippen LogP contribution in [0.15, 0.2) is 0 Å². The standard InChI is InChI=1S/C12H26N2/c1-5-11(13-2)12(14(3)4)9-7-6-8-10-12/h11,13H,5-10H2,1-4H3. The normalized spacial score (nSPS) is 23.8. The predicted octanol–water partition coefficient (Wildman–Crippen LogP) is 2.25. The molecule has 0 saturated heterocycles. The van der Waals surface area contributed by atoms with E-state index in [0.29, 0.717) is 11.6 Å². The van der Waals surface area contributed by atoms with Crippen molar-refractivity contribution in [2.24, 2.45) is 0 Å². The fourth-order valence-electron chi connectivity index (χ4n) is 3.12. The minimum Gasteiger partial charge on any atom is -0.315 e. The van der Waals surface area contributed by atoms with Gasteiger partial charge < -0.3 is 10.2 Å². The molecular formula is C12H26N2. The van der Waals surface area contributed by atoms with Crippen LogP contribution in [0.4, 0.5) is 0 Å². The molecule has 0 aromatic rings. The highest BCUT2D eigenvalue weighted by Gasteiger charge is 2.39. The number of hydrogen-bond donors (Lipinski definition) is 1. The summed E-state index contributed by atoms with van der Waals surface area (Å²) >= 11 is 0. The second-order valence-electron chi connectivity index (χ2n) is 4.81. The summed E-state index contributed by atoms with van der Waals surface area (Å²) in [6.45, 7) is 2.29. The maximum Gasteiger partial charge on any atom is 0.0356 e. The molecule has 14 heavy (non-hydrogen) atoms. The summed E-state index contributed by atoms with van der Waals surface area (Å²) in [5, 5.41) is 3.50. The molecule has 1 aliphatic carbocycles. The summed E-state index contributed by atoms with van der Waals surface area (Å²) in [7, 11) is 6.59. The zero-order chi connectivity index (χ0) is 10.6. The van der Waals surface area contributed by atoms with Crippen LogP contribution in [-0.2, 0) is 0 Å². The molecule has 1 N–H and O–H groups in total. The number of rotatable bonds is 4. The van der Waals surface area contributed by atoms with Crippen molar-refractivity contribution >= 4 is 0 Å². The van der Waals surface area contributed by atoms with Crippen molar-refractivity contribution in [1.29, 1.82) is 0 Å². The lowest BCUT2D eigenvalue weighted by molar-refractivity contribution is 0.0583. The Hall–Kier alpha value is -0.0800. The van der Waals surface area contributed by atoms with Crippen LogP contribution < -0.4 is 5.32 Å². The molecule has 0 aliphatic heterocycles. The number of likely N-dealkylation sites (N-methyl/N-ethyl adjacent to an activating group) is 2. The molecule has 1 fully saturated rings. The topological polar surface area (TPSA) is 15.3 Å². The zero-order valence-corrected chi connectivity index (χ0v) is 10.3. The van der Waals surface area contributed by atoms with Gasteiger partial charge in [0, 0.05) is 11.6 Å². The first-order valence-corrected chi connectivity index (χ1v) is 6.02. The van der Waals surface area contributed by atoms with Crippen molar-refractivity contribution in [1.82, 2.24) is 10.2 Å². The zero-order valence-electron chi connectivity index (χ0n) is 10.3. The monoisotopic (exact) mass is 198 g/mol. The molecule has 1 saturated carbocycles. The van der Waals surface area contributed by atoms with Gasteiger partial charge in [-0.05, 0) is 40.4 Å². The molecule has 1 atom stereocenters. The van der Waals surface area contributed by atoms with E-state index in [4.69, 9.17) is 0 Å². The van der Waals surface area contributed by atoms with Gasteiger partial charge in [0.2, 0.25) is 0 Å². The molecule has 0 heterocycles. The highest BCUT2D eigenvalue weighted by Crippen LogP contribution is 2.35. The van der Waals surface area contributed by atoms with Crippen LogP contribution >= 0.6 is 0 Å². The Morgan fingerprint density at radius 1 is 1.21 bits per heavy atom. The van der Waals surface area contributed by atoms with Crippen molar-refractivity contribution in [2.75, 3.05) is 21.1 Å². The van der Waals surface area contributed by atoms with Gasteiger partial charge >= 0.3 is 0 Å². The Kier molecular flexibility index (Phi) is 4.39. The summed E-state index contributed by atoms with van der Waals surface area (Å²) in [5.41, 5.74) is 0.418. The highest BCUT2D eigenvalue weighted by atomic mass is 15.2. The van der Waals surface area contributed by atoms with Gasteiger partial charge in [-0.2, -0.15) is 0 Å². The van der Waals surface area contributed by atoms with E-state index in [-0.39, 0.29) is 0 Å². The van der Waals surface area contributed by atoms with Crippen molar-refractivity contribution < 1.29 is 0 Å². The molecule has 2 nitrogen and oxygen atoms in total. The molecule has 0 aromatic carbocycles. The molecule has 1 aliphatic rings. The Morgan fingerprint density at radius 2 is 1.79 bits per heavy atom. The molecule has 0 bridgehead atoms. The molecule has 0 radical (unpaired) electrons. The second kappa shape index (κ2) is 5.13. The lowest BCUT2D eigenvalue weighted by atomic mass is 9.74. The maximum atomic E-state index is 3.50. The van der Waals surface area contributed by atoms with E-state index >= 15 is 0 Å². The van der Waals surface area contributed by atoms with Gasteiger partial charge in [0.05, 0.1) is 0 Å². The van der Waals surface area contributed by atoms with E-state index in [2.05, 4.69) is 38.3 Å². The lowest BCUT2D eigenvalue weighted by Gasteiger charge is -2.48. The van der Waals surface area contributed by atoms with Gasteiger partial charge in [0.1, 0.15) is 0 Å². The van der Waals surface area contributed by atoms with Crippen molar-refractivity contribution in [3.63, 3.8) is 0 Å². The van der Waals surface area contributed by atoms with Crippen LogP contribution in [0.2, 0.25) is 0 Å². The maximum absolute atomic E-state index is 3.50. The molecule has 1 rings (SSSR count). The van der Waals surface area contributed by atoms with Crippen LogP contribution in [0.5, 0.6) is 0 Å². The minimum atomic E-state index is 0.418. The number of hydrogen-bond acceptors (Lipinski definition) is 2. The number of nitrogens with one attached hydrogen (secondary N) is 1. The molecule has 84 valence electrons. The van der Waals surface area contributed by atoms with E-state index in [1.807, 2.05) is 0 Å². The SMILES string of the molecule is CCC(NC)C1(N(C)C)CCCCC1. The van der Waals surface area contributed by atoms with Crippen molar-refractivity contribution in [3.05, 3.63) is 0 Å². The molecule has 2 heteroatoms. The van der Waals surface area contributed by atoms with Gasteiger partial charge in [-0.3, -0.25) is 0 Å². The van der Waals surface area contributed by atoms with Crippen LogP contribution in [-0.4, -0.2) is 37.6 Å². The van der Waals surface area contributed by atoms with Gasteiger partial charge in [-0.25, -0.2) is 0 Å². The van der Waals surface area contributed by atoms with Crippen LogP contribution in [0.3, 0.4) is 0 Å².